The predicted molar refractivity (Wildman–Crippen MR) is 80.0 cm³/mol. The number of aromatic nitrogens is 1. The van der Waals surface area contributed by atoms with Gasteiger partial charge in [0, 0.05) is 16.6 Å². The zero-order chi connectivity index (χ0) is 13.5. The number of fused-ring (bicyclic) bond motifs is 1. The molecule has 1 aliphatic carbocycles. The van der Waals surface area contributed by atoms with Crippen LogP contribution in [0.15, 0.2) is 30.3 Å². The van der Waals surface area contributed by atoms with Gasteiger partial charge in [-0.25, -0.2) is 0 Å². The normalized spacial score (nSPS) is 27.6. The Morgan fingerprint density at radius 1 is 1.16 bits per heavy atom. The summed E-state index contributed by atoms with van der Waals surface area (Å²) in [6.45, 7) is 4.35. The first-order valence-electron chi connectivity index (χ1n) is 7.24. The third-order valence-electron chi connectivity index (χ3n) is 4.57. The molecule has 0 aliphatic heterocycles. The Morgan fingerprint density at radius 2 is 1.89 bits per heavy atom. The van der Waals surface area contributed by atoms with Crippen molar-refractivity contribution in [1.29, 1.82) is 0 Å². The fourth-order valence-corrected chi connectivity index (χ4v) is 3.10. The summed E-state index contributed by atoms with van der Waals surface area (Å²) in [6.07, 6.45) is 4.67. The van der Waals surface area contributed by atoms with E-state index in [4.69, 9.17) is 5.73 Å². The van der Waals surface area contributed by atoms with Crippen LogP contribution in [-0.2, 0) is 5.54 Å². The van der Waals surface area contributed by atoms with E-state index in [-0.39, 0.29) is 5.54 Å². The lowest BCUT2D eigenvalue weighted by Gasteiger charge is -2.36. The summed E-state index contributed by atoms with van der Waals surface area (Å²) < 4.78 is 0. The van der Waals surface area contributed by atoms with E-state index in [0.29, 0.717) is 0 Å². The van der Waals surface area contributed by atoms with Gasteiger partial charge < -0.3 is 5.73 Å². The number of pyridine rings is 1. The first kappa shape index (κ1) is 12.6. The van der Waals surface area contributed by atoms with Gasteiger partial charge in [0.25, 0.3) is 0 Å². The van der Waals surface area contributed by atoms with Crippen LogP contribution in [0.3, 0.4) is 0 Å². The second kappa shape index (κ2) is 4.61. The molecule has 1 fully saturated rings. The Balaban J connectivity index is 1.99. The molecular formula is C17H22N2. The van der Waals surface area contributed by atoms with Gasteiger partial charge in [0.1, 0.15) is 0 Å². The maximum absolute atomic E-state index is 6.64. The fourth-order valence-electron chi connectivity index (χ4n) is 3.10. The Bertz CT molecular complexity index is 595. The number of benzene rings is 1. The standard InChI is InChI=1S/C17H22N2/c1-12-7-9-17(18,10-8-12)15-5-6-16-14(11-15)4-3-13(2)19-16/h3-6,11-12H,7-10,18H2,1-2H3. The van der Waals surface area contributed by atoms with E-state index >= 15 is 0 Å². The molecule has 1 aromatic carbocycles. The Morgan fingerprint density at radius 3 is 2.63 bits per heavy atom. The van der Waals surface area contributed by atoms with Gasteiger partial charge in [0.05, 0.1) is 5.52 Å². The van der Waals surface area contributed by atoms with Crippen LogP contribution in [0.4, 0.5) is 0 Å². The van der Waals surface area contributed by atoms with Gasteiger partial charge in [0.15, 0.2) is 0 Å². The molecule has 0 unspecified atom stereocenters. The van der Waals surface area contributed by atoms with E-state index < -0.39 is 0 Å². The molecule has 2 nitrogen and oxygen atoms in total. The van der Waals surface area contributed by atoms with Gasteiger partial charge in [-0.1, -0.05) is 19.1 Å². The Labute approximate surface area is 115 Å². The maximum Gasteiger partial charge on any atom is 0.0705 e. The molecule has 0 amide bonds. The quantitative estimate of drug-likeness (QED) is 0.838. The van der Waals surface area contributed by atoms with Crippen molar-refractivity contribution < 1.29 is 0 Å². The predicted octanol–water partition coefficient (Wildman–Crippen LogP) is 3.91. The van der Waals surface area contributed by atoms with Crippen LogP contribution in [-0.4, -0.2) is 4.98 Å². The van der Waals surface area contributed by atoms with Crippen LogP contribution in [0, 0.1) is 12.8 Å². The van der Waals surface area contributed by atoms with Crippen molar-refractivity contribution in [2.45, 2.75) is 45.1 Å². The number of hydrogen-bond acceptors (Lipinski definition) is 2. The Kier molecular flexibility index (Phi) is 3.06. The second-order valence-electron chi connectivity index (χ2n) is 6.20. The molecule has 100 valence electrons. The molecule has 1 aliphatic rings. The highest BCUT2D eigenvalue weighted by atomic mass is 14.8. The molecule has 0 saturated heterocycles. The van der Waals surface area contributed by atoms with E-state index in [1.165, 1.54) is 23.8 Å². The van der Waals surface area contributed by atoms with Gasteiger partial charge in [-0.3, -0.25) is 4.98 Å². The largest absolute Gasteiger partial charge is 0.321 e. The van der Waals surface area contributed by atoms with Crippen molar-refractivity contribution in [3.63, 3.8) is 0 Å². The fraction of sp³-hybridized carbons (Fsp3) is 0.471. The molecule has 0 spiro atoms. The summed E-state index contributed by atoms with van der Waals surface area (Å²) in [4.78, 5) is 4.56. The Hall–Kier alpha value is -1.41. The molecule has 19 heavy (non-hydrogen) atoms. The minimum atomic E-state index is -0.133. The van der Waals surface area contributed by atoms with E-state index in [9.17, 15) is 0 Å². The van der Waals surface area contributed by atoms with Crippen LogP contribution in [0.1, 0.15) is 43.9 Å². The number of nitrogens with zero attached hydrogens (tertiary/aromatic N) is 1. The zero-order valence-electron chi connectivity index (χ0n) is 11.8. The topological polar surface area (TPSA) is 38.9 Å². The lowest BCUT2D eigenvalue weighted by atomic mass is 9.74. The highest BCUT2D eigenvalue weighted by Gasteiger charge is 2.31. The molecule has 0 atom stereocenters. The lowest BCUT2D eigenvalue weighted by molar-refractivity contribution is 0.248. The van der Waals surface area contributed by atoms with Gasteiger partial charge in [0.2, 0.25) is 0 Å². The third kappa shape index (κ3) is 2.37. The number of nitrogens with two attached hydrogens (primary N) is 1. The summed E-state index contributed by atoms with van der Waals surface area (Å²) in [5.74, 6) is 0.821. The molecule has 2 N–H and O–H groups in total. The molecule has 1 heterocycles. The summed E-state index contributed by atoms with van der Waals surface area (Å²) in [5, 5.41) is 1.20. The lowest BCUT2D eigenvalue weighted by Crippen LogP contribution is -2.40. The van der Waals surface area contributed by atoms with E-state index in [1.54, 1.807) is 0 Å². The monoisotopic (exact) mass is 254 g/mol. The first-order valence-corrected chi connectivity index (χ1v) is 7.24. The highest BCUT2D eigenvalue weighted by Crippen LogP contribution is 2.38. The summed E-state index contributed by atoms with van der Waals surface area (Å²) >= 11 is 0. The highest BCUT2D eigenvalue weighted by molar-refractivity contribution is 5.79. The van der Waals surface area contributed by atoms with Crippen LogP contribution >= 0.6 is 0 Å². The maximum atomic E-state index is 6.64. The SMILES string of the molecule is Cc1ccc2cc(C3(N)CCC(C)CC3)ccc2n1. The molecule has 3 rings (SSSR count). The van der Waals surface area contributed by atoms with Crippen molar-refractivity contribution in [2.75, 3.05) is 0 Å². The molecule has 0 bridgehead atoms. The van der Waals surface area contributed by atoms with Crippen LogP contribution in [0.25, 0.3) is 10.9 Å². The van der Waals surface area contributed by atoms with Crippen LogP contribution in [0.5, 0.6) is 0 Å². The van der Waals surface area contributed by atoms with Gasteiger partial charge in [-0.2, -0.15) is 0 Å². The van der Waals surface area contributed by atoms with Crippen molar-refractivity contribution in [3.8, 4) is 0 Å². The second-order valence-corrected chi connectivity index (χ2v) is 6.20. The number of hydrogen-bond donors (Lipinski definition) is 1. The smallest absolute Gasteiger partial charge is 0.0705 e. The summed E-state index contributed by atoms with van der Waals surface area (Å²) in [5.41, 5.74) is 9.92. The van der Waals surface area contributed by atoms with Gasteiger partial charge in [-0.05, 0) is 62.3 Å². The van der Waals surface area contributed by atoms with Gasteiger partial charge in [-0.15, -0.1) is 0 Å². The van der Waals surface area contributed by atoms with Crippen molar-refractivity contribution in [1.82, 2.24) is 4.98 Å². The first-order chi connectivity index (χ1) is 9.07. The van der Waals surface area contributed by atoms with Gasteiger partial charge >= 0.3 is 0 Å². The van der Waals surface area contributed by atoms with E-state index in [2.05, 4.69) is 42.2 Å². The third-order valence-corrected chi connectivity index (χ3v) is 4.57. The van der Waals surface area contributed by atoms with E-state index in [1.807, 2.05) is 6.92 Å². The minimum Gasteiger partial charge on any atom is -0.321 e. The molecule has 2 heteroatoms. The average Bonchev–Trinajstić information content (AvgIpc) is 2.42. The van der Waals surface area contributed by atoms with Crippen molar-refractivity contribution >= 4 is 10.9 Å². The molecule has 2 aromatic rings. The summed E-state index contributed by atoms with van der Waals surface area (Å²) in [6, 6.07) is 10.7. The summed E-state index contributed by atoms with van der Waals surface area (Å²) in [7, 11) is 0. The molecule has 1 saturated carbocycles. The van der Waals surface area contributed by atoms with Crippen molar-refractivity contribution in [3.05, 3.63) is 41.6 Å². The number of aryl methyl sites for hydroxylation is 1. The molecular weight excluding hydrogens is 232 g/mol. The van der Waals surface area contributed by atoms with Crippen LogP contribution in [0.2, 0.25) is 0 Å². The minimum absolute atomic E-state index is 0.133. The zero-order valence-corrected chi connectivity index (χ0v) is 11.8. The molecule has 0 radical (unpaired) electrons. The van der Waals surface area contributed by atoms with E-state index in [0.717, 1.165) is 30.0 Å². The van der Waals surface area contributed by atoms with Crippen LogP contribution < -0.4 is 5.73 Å². The van der Waals surface area contributed by atoms with Crippen molar-refractivity contribution in [2.24, 2.45) is 11.7 Å². The average molecular weight is 254 g/mol. The number of rotatable bonds is 1. The molecule has 1 aromatic heterocycles.